The minimum Gasteiger partial charge on any atom is -0.426 e. The van der Waals surface area contributed by atoms with Gasteiger partial charge < -0.3 is 9.57 Å². The molecule has 0 aliphatic carbocycles. The van der Waals surface area contributed by atoms with E-state index in [0.29, 0.717) is 17.7 Å². The zero-order valence-corrected chi connectivity index (χ0v) is 17.5. The van der Waals surface area contributed by atoms with Crippen LogP contribution in [0.25, 0.3) is 0 Å². The molecule has 0 amide bonds. The molecular formula is C20H19NO9S. The first kappa shape index (κ1) is 23.7. The molecule has 10 nitrogen and oxygen atoms in total. The zero-order chi connectivity index (χ0) is 22.8. The van der Waals surface area contributed by atoms with Crippen LogP contribution in [-0.2, 0) is 19.4 Å². The number of hydrogen-bond donors (Lipinski definition) is 0. The lowest BCUT2D eigenvalue weighted by Crippen LogP contribution is -2.14. The van der Waals surface area contributed by atoms with Gasteiger partial charge in [0.2, 0.25) is 0 Å². The van der Waals surface area contributed by atoms with E-state index in [0.717, 1.165) is 4.90 Å². The molecule has 0 N–H and O–H groups in total. The number of benzene rings is 2. The van der Waals surface area contributed by atoms with E-state index in [9.17, 15) is 24.5 Å². The molecule has 164 valence electrons. The summed E-state index contributed by atoms with van der Waals surface area (Å²) in [6, 6.07) is 10.9. The Balaban J connectivity index is 1.89. The van der Waals surface area contributed by atoms with Gasteiger partial charge in [0.1, 0.15) is 11.3 Å². The molecule has 0 heterocycles. The molecule has 2 aromatic rings. The van der Waals surface area contributed by atoms with Crippen LogP contribution in [0.3, 0.4) is 0 Å². The van der Waals surface area contributed by atoms with E-state index < -0.39 is 23.0 Å². The van der Waals surface area contributed by atoms with E-state index in [-0.39, 0.29) is 23.5 Å². The molecule has 31 heavy (non-hydrogen) atoms. The van der Waals surface area contributed by atoms with Gasteiger partial charge in [-0.05, 0) is 55.0 Å². The summed E-state index contributed by atoms with van der Waals surface area (Å²) >= 11 is 1.43. The molecule has 11 heteroatoms. The number of carbonyl (C=O) groups is 3. The van der Waals surface area contributed by atoms with E-state index in [1.54, 1.807) is 31.2 Å². The summed E-state index contributed by atoms with van der Waals surface area (Å²) in [6.07, 6.45) is 0.486. The topological polar surface area (TPSA) is 131 Å². The highest BCUT2D eigenvalue weighted by Crippen LogP contribution is 2.25. The van der Waals surface area contributed by atoms with E-state index in [1.807, 2.05) is 0 Å². The lowest BCUT2D eigenvalue weighted by atomic mass is 10.1. The molecule has 0 spiro atoms. The number of nitrogens with zero attached hydrogens (tertiary/aromatic N) is 1. The lowest BCUT2D eigenvalue weighted by Gasteiger charge is -2.10. The maximum Gasteiger partial charge on any atom is 0.390 e. The molecule has 0 radical (unpaired) electrons. The number of esters is 1. The van der Waals surface area contributed by atoms with Crippen molar-refractivity contribution in [3.63, 3.8) is 0 Å². The number of hydrogen-bond acceptors (Lipinski definition) is 10. The summed E-state index contributed by atoms with van der Waals surface area (Å²) in [5.41, 5.74) is 0.628. The van der Waals surface area contributed by atoms with Crippen molar-refractivity contribution in [2.24, 2.45) is 0 Å². The Hall–Kier alpha value is -3.60. The summed E-state index contributed by atoms with van der Waals surface area (Å²) in [5.74, 6) is -1.86. The first-order valence-corrected chi connectivity index (χ1v) is 9.98. The fraction of sp³-hybridized carbons (Fsp3) is 0.250. The molecular weight excluding hydrogens is 430 g/mol. The standard InChI is InChI=1S/C20H19NO9S/c1-13-5-3-6-17(18(13)28-14(2)22)20(24)30-29-19(23)15-7-9-16(10-8-15)31-12-4-11-27-21(25)26/h3,5-10H,4,11-12H2,1-2H3. The molecule has 0 aromatic heterocycles. The van der Waals surface area contributed by atoms with Crippen molar-refractivity contribution in [3.8, 4) is 5.75 Å². The van der Waals surface area contributed by atoms with Crippen molar-refractivity contribution in [3.05, 3.63) is 69.3 Å². The van der Waals surface area contributed by atoms with Gasteiger partial charge in [0, 0.05) is 11.8 Å². The Morgan fingerprint density at radius 3 is 2.35 bits per heavy atom. The molecule has 0 saturated carbocycles. The van der Waals surface area contributed by atoms with Crippen molar-refractivity contribution < 1.29 is 38.8 Å². The average Bonchev–Trinajstić information content (AvgIpc) is 2.73. The lowest BCUT2D eigenvalue weighted by molar-refractivity contribution is -0.757. The molecule has 0 unspecified atom stereocenters. The number of rotatable bonds is 9. The molecule has 0 aliphatic heterocycles. The number of thioether (sulfide) groups is 1. The van der Waals surface area contributed by atoms with E-state index >= 15 is 0 Å². The predicted molar refractivity (Wildman–Crippen MR) is 108 cm³/mol. The minimum absolute atomic E-state index is 0.00981. The summed E-state index contributed by atoms with van der Waals surface area (Å²) in [7, 11) is 0. The van der Waals surface area contributed by atoms with E-state index in [4.69, 9.17) is 4.74 Å². The Bertz CT molecular complexity index is 960. The summed E-state index contributed by atoms with van der Waals surface area (Å²) in [5, 5.41) is 9.23. The van der Waals surface area contributed by atoms with Gasteiger partial charge in [-0.2, -0.15) is 0 Å². The summed E-state index contributed by atoms with van der Waals surface area (Å²) in [4.78, 5) is 60.0. The number of para-hydroxylation sites is 1. The van der Waals surface area contributed by atoms with Crippen LogP contribution in [0.2, 0.25) is 0 Å². The van der Waals surface area contributed by atoms with Gasteiger partial charge in [0.05, 0.1) is 12.2 Å². The first-order chi connectivity index (χ1) is 14.8. The second kappa shape index (κ2) is 11.6. The van der Waals surface area contributed by atoms with E-state index in [1.165, 1.54) is 36.9 Å². The van der Waals surface area contributed by atoms with Crippen LogP contribution in [0.5, 0.6) is 5.75 Å². The van der Waals surface area contributed by atoms with Crippen molar-refractivity contribution in [1.29, 1.82) is 0 Å². The highest BCUT2D eigenvalue weighted by atomic mass is 32.2. The molecule has 0 fully saturated rings. The Labute approximate surface area is 181 Å². The van der Waals surface area contributed by atoms with E-state index in [2.05, 4.69) is 14.6 Å². The normalized spacial score (nSPS) is 10.1. The quantitative estimate of drug-likeness (QED) is 0.106. The summed E-state index contributed by atoms with van der Waals surface area (Å²) < 4.78 is 5.04. The SMILES string of the molecule is CC(=O)Oc1c(C)cccc1C(=O)OOC(=O)c1ccc(SCCCO[N+](=O)[O-])cc1. The third-order valence-corrected chi connectivity index (χ3v) is 4.81. The number of aryl methyl sites for hydroxylation is 1. The van der Waals surface area contributed by atoms with Crippen LogP contribution in [0.4, 0.5) is 0 Å². The van der Waals surface area contributed by atoms with Crippen LogP contribution in [0, 0.1) is 17.0 Å². The molecule has 2 rings (SSSR count). The number of carbonyl (C=O) groups excluding carboxylic acids is 3. The predicted octanol–water partition coefficient (Wildman–Crippen LogP) is 3.54. The minimum atomic E-state index is -0.989. The van der Waals surface area contributed by atoms with Gasteiger partial charge in [0.25, 0.3) is 5.09 Å². The van der Waals surface area contributed by atoms with Gasteiger partial charge in [-0.3, -0.25) is 4.79 Å². The summed E-state index contributed by atoms with van der Waals surface area (Å²) in [6.45, 7) is 2.86. The second-order valence-electron chi connectivity index (χ2n) is 6.07. The van der Waals surface area contributed by atoms with Crippen molar-refractivity contribution >= 4 is 29.7 Å². The van der Waals surface area contributed by atoms with Gasteiger partial charge in [-0.15, -0.1) is 21.9 Å². The highest BCUT2D eigenvalue weighted by Gasteiger charge is 2.20. The smallest absolute Gasteiger partial charge is 0.390 e. The van der Waals surface area contributed by atoms with Crippen LogP contribution in [-0.4, -0.2) is 35.4 Å². The fourth-order valence-electron chi connectivity index (χ4n) is 2.34. The Kier molecular flexibility index (Phi) is 8.82. The Morgan fingerprint density at radius 2 is 1.71 bits per heavy atom. The fourth-order valence-corrected chi connectivity index (χ4v) is 3.16. The van der Waals surface area contributed by atoms with Crippen LogP contribution in [0.1, 0.15) is 39.6 Å². The molecule has 0 atom stereocenters. The highest BCUT2D eigenvalue weighted by molar-refractivity contribution is 7.99. The maximum absolute atomic E-state index is 12.3. The van der Waals surface area contributed by atoms with Crippen LogP contribution >= 0.6 is 11.8 Å². The molecule has 0 aliphatic rings. The van der Waals surface area contributed by atoms with Crippen molar-refractivity contribution in [2.45, 2.75) is 25.2 Å². The van der Waals surface area contributed by atoms with Crippen LogP contribution < -0.4 is 4.74 Å². The first-order valence-electron chi connectivity index (χ1n) is 8.99. The zero-order valence-electron chi connectivity index (χ0n) is 16.7. The van der Waals surface area contributed by atoms with Crippen LogP contribution in [0.15, 0.2) is 47.4 Å². The second-order valence-corrected chi connectivity index (χ2v) is 7.24. The Morgan fingerprint density at radius 1 is 1.03 bits per heavy atom. The van der Waals surface area contributed by atoms with Gasteiger partial charge >= 0.3 is 17.9 Å². The van der Waals surface area contributed by atoms with Gasteiger partial charge in [0.15, 0.2) is 0 Å². The van der Waals surface area contributed by atoms with Gasteiger partial charge in [-0.1, -0.05) is 12.1 Å². The molecule has 2 aromatic carbocycles. The average molecular weight is 449 g/mol. The van der Waals surface area contributed by atoms with Gasteiger partial charge in [-0.25, -0.2) is 19.4 Å². The largest absolute Gasteiger partial charge is 0.426 e. The number of ether oxygens (including phenoxy) is 1. The molecule has 0 saturated heterocycles. The van der Waals surface area contributed by atoms with Crippen molar-refractivity contribution in [2.75, 3.05) is 12.4 Å². The molecule has 0 bridgehead atoms. The maximum atomic E-state index is 12.3. The third kappa shape index (κ3) is 7.63. The third-order valence-electron chi connectivity index (χ3n) is 3.71. The monoisotopic (exact) mass is 449 g/mol. The van der Waals surface area contributed by atoms with Crippen molar-refractivity contribution in [1.82, 2.24) is 0 Å².